The highest BCUT2D eigenvalue weighted by Gasteiger charge is 2.62. The Hall–Kier alpha value is -0.830. The Labute approximate surface area is 183 Å². The van der Waals surface area contributed by atoms with Crippen molar-refractivity contribution in [3.63, 3.8) is 0 Å². The lowest BCUT2D eigenvalue weighted by Gasteiger charge is -2.54. The molecule has 0 aromatic rings. The number of aliphatic carboxylic acids is 1. The van der Waals surface area contributed by atoms with Crippen molar-refractivity contribution in [1.82, 2.24) is 0 Å². The molecule has 0 bridgehead atoms. The molecule has 5 aliphatic rings. The summed E-state index contributed by atoms with van der Waals surface area (Å²) in [4.78, 5) is 11.2. The van der Waals surface area contributed by atoms with Crippen molar-refractivity contribution in [3.05, 3.63) is 11.1 Å². The molecule has 168 valence electrons. The molecule has 4 aliphatic carbocycles. The first-order valence-corrected chi connectivity index (χ1v) is 12.9. The van der Waals surface area contributed by atoms with Crippen molar-refractivity contribution < 1.29 is 14.6 Å². The van der Waals surface area contributed by atoms with E-state index in [1.54, 1.807) is 0 Å². The molecular weight excluding hydrogens is 372 g/mol. The van der Waals surface area contributed by atoms with Crippen LogP contribution >= 0.6 is 0 Å². The molecule has 0 spiro atoms. The van der Waals surface area contributed by atoms with Crippen LogP contribution in [-0.4, -0.2) is 23.3 Å². The molecule has 0 radical (unpaired) electrons. The maximum Gasteiger partial charge on any atom is 0.306 e. The van der Waals surface area contributed by atoms with E-state index < -0.39 is 5.97 Å². The molecule has 3 nitrogen and oxygen atoms in total. The van der Waals surface area contributed by atoms with E-state index in [1.165, 1.54) is 57.8 Å². The number of carboxylic acids is 1. The van der Waals surface area contributed by atoms with Crippen molar-refractivity contribution in [3.8, 4) is 0 Å². The number of fused-ring (bicyclic) bond motifs is 6. The van der Waals surface area contributed by atoms with Gasteiger partial charge in [-0.05, 0) is 92.3 Å². The molecule has 3 heteroatoms. The number of hydrogen-bond donors (Lipinski definition) is 1. The standard InChI is InChI=1S/C27H42O3/c1-16(25(28)29)8-11-22-17(2)24-23(30-22)15-21-19-10-9-18-7-5-6-13-26(18,3)20(19)12-14-27(21,24)4/h16-18,21-24H,5-15H2,1-4H3,(H,28,29)/t16?,17-,18?,21+,22?,23+,24+,26+,27+/m1/s1. The lowest BCUT2D eigenvalue weighted by atomic mass is 9.50. The summed E-state index contributed by atoms with van der Waals surface area (Å²) in [6, 6.07) is 0. The molecule has 0 aromatic carbocycles. The Morgan fingerprint density at radius 3 is 2.77 bits per heavy atom. The van der Waals surface area contributed by atoms with Gasteiger partial charge in [0.1, 0.15) is 0 Å². The van der Waals surface area contributed by atoms with Gasteiger partial charge in [-0.1, -0.05) is 51.7 Å². The third-order valence-electron chi connectivity index (χ3n) is 10.8. The number of carboxylic acid groups (broad SMARTS) is 1. The third kappa shape index (κ3) is 2.97. The highest BCUT2D eigenvalue weighted by atomic mass is 16.5. The lowest BCUT2D eigenvalue weighted by Crippen LogP contribution is -2.44. The molecule has 5 rings (SSSR count). The molecule has 30 heavy (non-hydrogen) atoms. The van der Waals surface area contributed by atoms with Crippen molar-refractivity contribution >= 4 is 5.97 Å². The summed E-state index contributed by atoms with van der Waals surface area (Å²) in [5, 5.41) is 9.25. The molecule has 1 heterocycles. The molecule has 3 fully saturated rings. The van der Waals surface area contributed by atoms with Gasteiger partial charge in [0, 0.05) is 0 Å². The first-order chi connectivity index (χ1) is 14.3. The van der Waals surface area contributed by atoms with Crippen molar-refractivity contribution in [2.75, 3.05) is 0 Å². The van der Waals surface area contributed by atoms with Gasteiger partial charge in [-0.3, -0.25) is 4.79 Å². The number of ether oxygens (including phenoxy) is 1. The summed E-state index contributed by atoms with van der Waals surface area (Å²) >= 11 is 0. The Bertz CT molecular complexity index is 740. The van der Waals surface area contributed by atoms with E-state index in [9.17, 15) is 9.90 Å². The van der Waals surface area contributed by atoms with Gasteiger partial charge in [-0.25, -0.2) is 0 Å². The van der Waals surface area contributed by atoms with Crippen LogP contribution in [0.3, 0.4) is 0 Å². The second-order valence-corrected chi connectivity index (χ2v) is 12.1. The van der Waals surface area contributed by atoms with Crippen LogP contribution in [0.2, 0.25) is 0 Å². The average molecular weight is 415 g/mol. The first kappa shape index (κ1) is 21.0. The van der Waals surface area contributed by atoms with Crippen LogP contribution in [0.5, 0.6) is 0 Å². The van der Waals surface area contributed by atoms with Gasteiger partial charge in [0.25, 0.3) is 0 Å². The normalized spacial score (nSPS) is 48.5. The van der Waals surface area contributed by atoms with Gasteiger partial charge in [-0.2, -0.15) is 0 Å². The maximum absolute atomic E-state index is 11.2. The van der Waals surface area contributed by atoms with Crippen LogP contribution in [-0.2, 0) is 9.53 Å². The largest absolute Gasteiger partial charge is 0.481 e. The van der Waals surface area contributed by atoms with Crippen LogP contribution in [0.25, 0.3) is 0 Å². The van der Waals surface area contributed by atoms with E-state index in [-0.39, 0.29) is 12.0 Å². The molecule has 0 amide bonds. The van der Waals surface area contributed by atoms with Gasteiger partial charge in [0.2, 0.25) is 0 Å². The summed E-state index contributed by atoms with van der Waals surface area (Å²) < 4.78 is 6.68. The Kier molecular flexibility index (Phi) is 5.16. The van der Waals surface area contributed by atoms with Gasteiger partial charge < -0.3 is 9.84 Å². The Morgan fingerprint density at radius 1 is 1.20 bits per heavy atom. The van der Waals surface area contributed by atoms with E-state index in [0.717, 1.165) is 24.7 Å². The minimum absolute atomic E-state index is 0.251. The minimum atomic E-state index is -0.675. The molecule has 9 atom stereocenters. The fourth-order valence-corrected chi connectivity index (χ4v) is 9.05. The Morgan fingerprint density at radius 2 is 2.00 bits per heavy atom. The zero-order chi connectivity index (χ0) is 21.3. The highest BCUT2D eigenvalue weighted by molar-refractivity contribution is 5.69. The first-order valence-electron chi connectivity index (χ1n) is 12.9. The molecule has 0 aromatic heterocycles. The van der Waals surface area contributed by atoms with Crippen LogP contribution < -0.4 is 0 Å². The fraction of sp³-hybridized carbons (Fsp3) is 0.889. The van der Waals surface area contributed by atoms with Crippen molar-refractivity contribution in [2.45, 2.75) is 111 Å². The number of rotatable bonds is 4. The fourth-order valence-electron chi connectivity index (χ4n) is 9.05. The smallest absolute Gasteiger partial charge is 0.306 e. The van der Waals surface area contributed by atoms with Crippen LogP contribution in [0, 0.1) is 40.4 Å². The molecule has 3 unspecified atom stereocenters. The zero-order valence-electron chi connectivity index (χ0n) is 19.6. The summed E-state index contributed by atoms with van der Waals surface area (Å²) in [5.41, 5.74) is 4.63. The van der Waals surface area contributed by atoms with Crippen LogP contribution in [0.1, 0.15) is 98.3 Å². The van der Waals surface area contributed by atoms with Gasteiger partial charge in [-0.15, -0.1) is 0 Å². The monoisotopic (exact) mass is 414 g/mol. The summed E-state index contributed by atoms with van der Waals surface area (Å²) in [6.45, 7) is 9.43. The molecule has 1 aliphatic heterocycles. The van der Waals surface area contributed by atoms with E-state index in [1.807, 2.05) is 18.1 Å². The predicted octanol–water partition coefficient (Wildman–Crippen LogP) is 6.61. The van der Waals surface area contributed by atoms with E-state index in [0.29, 0.717) is 28.8 Å². The van der Waals surface area contributed by atoms with Crippen LogP contribution in [0.4, 0.5) is 0 Å². The maximum atomic E-state index is 11.2. The molecule has 1 N–H and O–H groups in total. The number of allylic oxidation sites excluding steroid dienone is 2. The number of carbonyl (C=O) groups is 1. The summed E-state index contributed by atoms with van der Waals surface area (Å²) in [5.74, 6) is 1.93. The summed E-state index contributed by atoms with van der Waals surface area (Å²) in [6.07, 6.45) is 14.7. The molecular formula is C27H42O3. The SMILES string of the molecule is CC(CCC1O[C@H]2C[C@H]3C4=C(CC[C@]3(C)[C@H]2[C@@H]1C)[C@@]1(C)CCCCC1CC4)C(=O)O. The molecule has 1 saturated heterocycles. The van der Waals surface area contributed by atoms with Gasteiger partial charge in [0.05, 0.1) is 18.1 Å². The predicted molar refractivity (Wildman–Crippen MR) is 119 cm³/mol. The zero-order valence-corrected chi connectivity index (χ0v) is 19.6. The minimum Gasteiger partial charge on any atom is -0.481 e. The molecule has 2 saturated carbocycles. The van der Waals surface area contributed by atoms with E-state index >= 15 is 0 Å². The quantitative estimate of drug-likeness (QED) is 0.526. The van der Waals surface area contributed by atoms with Crippen molar-refractivity contribution in [2.24, 2.45) is 40.4 Å². The van der Waals surface area contributed by atoms with Gasteiger partial charge >= 0.3 is 5.97 Å². The second kappa shape index (κ2) is 7.36. The Balaban J connectivity index is 1.36. The van der Waals surface area contributed by atoms with Crippen LogP contribution in [0.15, 0.2) is 11.1 Å². The third-order valence-corrected chi connectivity index (χ3v) is 10.8. The second-order valence-electron chi connectivity index (χ2n) is 12.1. The summed E-state index contributed by atoms with van der Waals surface area (Å²) in [7, 11) is 0. The van der Waals surface area contributed by atoms with Crippen molar-refractivity contribution in [1.29, 1.82) is 0 Å². The highest BCUT2D eigenvalue weighted by Crippen LogP contribution is 2.67. The lowest BCUT2D eigenvalue weighted by molar-refractivity contribution is -0.141. The average Bonchev–Trinajstić information content (AvgIpc) is 3.19. The van der Waals surface area contributed by atoms with E-state index in [4.69, 9.17) is 4.74 Å². The van der Waals surface area contributed by atoms with Gasteiger partial charge in [0.15, 0.2) is 0 Å². The van der Waals surface area contributed by atoms with E-state index in [2.05, 4.69) is 20.8 Å². The number of hydrogen-bond acceptors (Lipinski definition) is 2. The topological polar surface area (TPSA) is 46.5 Å².